The van der Waals surface area contributed by atoms with Gasteiger partial charge >= 0.3 is 0 Å². The molecule has 4 N–H and O–H groups in total. The molecule has 0 aliphatic heterocycles. The Morgan fingerprint density at radius 2 is 2.20 bits per heavy atom. The number of nitrogen functional groups attached to an aromatic ring is 1. The number of nitrogens with two attached hydrogens (primary N) is 1. The zero-order valence-electron chi connectivity index (χ0n) is 10.2. The van der Waals surface area contributed by atoms with Crippen LogP contribution in [0.25, 0.3) is 10.9 Å². The number of hydrogen-bond donors (Lipinski definition) is 3. The predicted molar refractivity (Wildman–Crippen MR) is 80.4 cm³/mol. The lowest BCUT2D eigenvalue weighted by Gasteiger charge is -2.07. The number of nitrogens with one attached hydrogen (secondary N) is 2. The van der Waals surface area contributed by atoms with E-state index in [1.54, 1.807) is 12.3 Å². The van der Waals surface area contributed by atoms with Gasteiger partial charge < -0.3 is 11.1 Å². The van der Waals surface area contributed by atoms with Crippen molar-refractivity contribution in [3.05, 3.63) is 46.7 Å². The molecule has 1 amide bonds. The Morgan fingerprint density at radius 3 is 2.95 bits per heavy atom. The second kappa shape index (κ2) is 4.93. The zero-order chi connectivity index (χ0) is 14.1. The molecular formula is C13H10BrN5O. The summed E-state index contributed by atoms with van der Waals surface area (Å²) >= 11 is 3.37. The molecule has 0 atom stereocenters. The molecule has 6 nitrogen and oxygen atoms in total. The summed E-state index contributed by atoms with van der Waals surface area (Å²) in [7, 11) is 0. The maximum Gasteiger partial charge on any atom is 0.261 e. The van der Waals surface area contributed by atoms with E-state index < -0.39 is 0 Å². The minimum atomic E-state index is -0.325. The third kappa shape index (κ3) is 2.23. The lowest BCUT2D eigenvalue weighted by molar-refractivity contribution is 0.102. The number of anilines is 2. The number of para-hydroxylation sites is 1. The third-order valence-electron chi connectivity index (χ3n) is 2.84. The number of rotatable bonds is 2. The predicted octanol–water partition coefficient (Wildman–Crippen LogP) is 2.55. The van der Waals surface area contributed by atoms with E-state index in [0.29, 0.717) is 16.8 Å². The van der Waals surface area contributed by atoms with Crippen molar-refractivity contribution in [1.29, 1.82) is 0 Å². The number of nitrogens with zero attached hydrogens (tertiary/aromatic N) is 2. The van der Waals surface area contributed by atoms with Crippen molar-refractivity contribution < 1.29 is 4.79 Å². The summed E-state index contributed by atoms with van der Waals surface area (Å²) in [6.45, 7) is 0. The van der Waals surface area contributed by atoms with Crippen molar-refractivity contribution in [2.45, 2.75) is 0 Å². The van der Waals surface area contributed by atoms with Crippen molar-refractivity contribution in [3.8, 4) is 0 Å². The highest BCUT2D eigenvalue weighted by Crippen LogP contribution is 2.24. The van der Waals surface area contributed by atoms with Crippen LogP contribution >= 0.6 is 15.9 Å². The molecule has 100 valence electrons. The third-order valence-corrected chi connectivity index (χ3v) is 3.27. The number of pyridine rings is 1. The van der Waals surface area contributed by atoms with Crippen LogP contribution in [0.5, 0.6) is 0 Å². The Morgan fingerprint density at radius 1 is 1.35 bits per heavy atom. The van der Waals surface area contributed by atoms with Gasteiger partial charge in [-0.15, -0.1) is 0 Å². The fourth-order valence-electron chi connectivity index (χ4n) is 1.90. The van der Waals surface area contributed by atoms with Gasteiger partial charge in [-0.05, 0) is 28.1 Å². The Labute approximate surface area is 122 Å². The Kier molecular flexibility index (Phi) is 3.11. The van der Waals surface area contributed by atoms with Gasteiger partial charge in [-0.2, -0.15) is 5.10 Å². The largest absolute Gasteiger partial charge is 0.383 e. The van der Waals surface area contributed by atoms with Gasteiger partial charge in [-0.25, -0.2) is 0 Å². The number of carbonyl (C=O) groups is 1. The van der Waals surface area contributed by atoms with Gasteiger partial charge in [0.15, 0.2) is 0 Å². The molecule has 0 bridgehead atoms. The minimum absolute atomic E-state index is 0.235. The molecule has 3 aromatic rings. The number of aromatic nitrogens is 3. The topological polar surface area (TPSA) is 96.7 Å². The van der Waals surface area contributed by atoms with Gasteiger partial charge in [0.1, 0.15) is 11.4 Å². The number of benzene rings is 1. The Hall–Kier alpha value is -2.41. The molecule has 0 saturated carbocycles. The van der Waals surface area contributed by atoms with Crippen molar-refractivity contribution >= 4 is 44.2 Å². The average Bonchev–Trinajstić information content (AvgIpc) is 2.85. The number of hydrogen-bond acceptors (Lipinski definition) is 4. The van der Waals surface area contributed by atoms with Crippen molar-refractivity contribution in [2.24, 2.45) is 0 Å². The lowest BCUT2D eigenvalue weighted by Crippen LogP contribution is -2.13. The number of aromatic amines is 1. The van der Waals surface area contributed by atoms with E-state index in [9.17, 15) is 4.79 Å². The first-order valence-electron chi connectivity index (χ1n) is 5.79. The van der Waals surface area contributed by atoms with Crippen LogP contribution < -0.4 is 11.1 Å². The minimum Gasteiger partial charge on any atom is -0.383 e. The summed E-state index contributed by atoms with van der Waals surface area (Å²) in [6.07, 6.45) is 3.07. The number of fused-ring (bicyclic) bond motifs is 1. The monoisotopic (exact) mass is 331 g/mol. The molecule has 2 aromatic heterocycles. The molecule has 0 aliphatic rings. The van der Waals surface area contributed by atoms with Gasteiger partial charge in [0.25, 0.3) is 5.91 Å². The first-order chi connectivity index (χ1) is 9.65. The van der Waals surface area contributed by atoms with Crippen LogP contribution in [0.1, 0.15) is 10.4 Å². The standard InChI is InChI=1S/C13H10BrN5O/c14-8-4-7-2-1-3-10(11(7)16-5-8)18-13(20)9-6-17-19-12(9)15/h1-6H,(H,18,20)(H3,15,17,19). The van der Waals surface area contributed by atoms with Crippen LogP contribution in [0.4, 0.5) is 11.5 Å². The van der Waals surface area contributed by atoms with Crippen molar-refractivity contribution in [3.63, 3.8) is 0 Å². The highest BCUT2D eigenvalue weighted by Gasteiger charge is 2.13. The molecule has 7 heteroatoms. The Balaban J connectivity index is 1.99. The summed E-state index contributed by atoms with van der Waals surface area (Å²) in [4.78, 5) is 16.4. The van der Waals surface area contributed by atoms with Gasteiger partial charge in [0.2, 0.25) is 0 Å². The molecule has 0 fully saturated rings. The van der Waals surface area contributed by atoms with Crippen LogP contribution in [-0.2, 0) is 0 Å². The smallest absolute Gasteiger partial charge is 0.261 e. The second-order valence-corrected chi connectivity index (χ2v) is 5.10. The average molecular weight is 332 g/mol. The molecule has 0 unspecified atom stereocenters. The van der Waals surface area contributed by atoms with Crippen LogP contribution in [0.2, 0.25) is 0 Å². The molecule has 1 aromatic carbocycles. The van der Waals surface area contributed by atoms with Gasteiger partial charge in [0.05, 0.1) is 17.4 Å². The zero-order valence-corrected chi connectivity index (χ0v) is 11.8. The van der Waals surface area contributed by atoms with E-state index in [2.05, 4.69) is 36.4 Å². The SMILES string of the molecule is Nc1[nH]ncc1C(=O)Nc1cccc2cc(Br)cnc12. The fraction of sp³-hybridized carbons (Fsp3) is 0. The molecule has 3 rings (SSSR count). The van der Waals surface area contributed by atoms with Crippen LogP contribution in [0.3, 0.4) is 0 Å². The van der Waals surface area contributed by atoms with E-state index in [-0.39, 0.29) is 11.7 Å². The highest BCUT2D eigenvalue weighted by molar-refractivity contribution is 9.10. The molecule has 0 radical (unpaired) electrons. The molecule has 0 spiro atoms. The first-order valence-corrected chi connectivity index (χ1v) is 6.59. The van der Waals surface area contributed by atoms with Gasteiger partial charge in [0, 0.05) is 16.1 Å². The second-order valence-electron chi connectivity index (χ2n) is 4.18. The molecule has 0 saturated heterocycles. The molecular weight excluding hydrogens is 322 g/mol. The lowest BCUT2D eigenvalue weighted by atomic mass is 10.2. The number of carbonyl (C=O) groups excluding carboxylic acids is 1. The summed E-state index contributed by atoms with van der Waals surface area (Å²) in [5, 5.41) is 9.97. The van der Waals surface area contributed by atoms with Crippen LogP contribution in [0, 0.1) is 0 Å². The first kappa shape index (κ1) is 12.6. The summed E-state index contributed by atoms with van der Waals surface area (Å²) in [5.74, 6) is -0.0908. The number of H-pyrrole nitrogens is 1. The van der Waals surface area contributed by atoms with Crippen LogP contribution in [0.15, 0.2) is 41.1 Å². The summed E-state index contributed by atoms with van der Waals surface area (Å²) in [6, 6.07) is 7.50. The van der Waals surface area contributed by atoms with Crippen molar-refractivity contribution in [1.82, 2.24) is 15.2 Å². The molecule has 20 heavy (non-hydrogen) atoms. The van der Waals surface area contributed by atoms with E-state index in [1.807, 2.05) is 18.2 Å². The quantitative estimate of drug-likeness (QED) is 0.672. The molecule has 0 aliphatic carbocycles. The normalized spacial score (nSPS) is 10.7. The highest BCUT2D eigenvalue weighted by atomic mass is 79.9. The van der Waals surface area contributed by atoms with Gasteiger partial charge in [-0.3, -0.25) is 14.9 Å². The maximum absolute atomic E-state index is 12.1. The summed E-state index contributed by atoms with van der Waals surface area (Å²) < 4.78 is 0.882. The number of amides is 1. The van der Waals surface area contributed by atoms with Crippen molar-refractivity contribution in [2.75, 3.05) is 11.1 Å². The summed E-state index contributed by atoms with van der Waals surface area (Å²) in [5.41, 5.74) is 7.27. The maximum atomic E-state index is 12.1. The van der Waals surface area contributed by atoms with E-state index in [1.165, 1.54) is 6.20 Å². The van der Waals surface area contributed by atoms with E-state index >= 15 is 0 Å². The van der Waals surface area contributed by atoms with Crippen LogP contribution in [-0.4, -0.2) is 21.1 Å². The van der Waals surface area contributed by atoms with E-state index in [4.69, 9.17) is 5.73 Å². The fourth-order valence-corrected chi connectivity index (χ4v) is 2.25. The number of halogens is 1. The molecule has 2 heterocycles. The Bertz CT molecular complexity index is 798. The van der Waals surface area contributed by atoms with Gasteiger partial charge in [-0.1, -0.05) is 12.1 Å². The van der Waals surface area contributed by atoms with E-state index in [0.717, 1.165) is 9.86 Å².